The topological polar surface area (TPSA) is 46.3 Å². The smallest absolute Gasteiger partial charge is 0.196 e. The molecule has 0 aliphatic carbocycles. The molecule has 2 heterocycles. The summed E-state index contributed by atoms with van der Waals surface area (Å²) in [5, 5.41) is 4.20. The van der Waals surface area contributed by atoms with Crippen LogP contribution in [-0.2, 0) is 0 Å². The Kier molecular flexibility index (Phi) is 1.65. The number of rotatable bonds is 1. The quantitative estimate of drug-likeness (QED) is 0.636. The van der Waals surface area contributed by atoms with Crippen LogP contribution in [0.25, 0.3) is 5.65 Å². The zero-order valence-corrected chi connectivity index (χ0v) is 7.89. The predicted octanol–water partition coefficient (Wildman–Crippen LogP) is 0.499. The molecule has 5 nitrogen and oxygen atoms in total. The van der Waals surface area contributed by atoms with Crippen molar-refractivity contribution in [3.63, 3.8) is 0 Å². The highest BCUT2D eigenvalue weighted by molar-refractivity contribution is 5.62. The molecule has 0 aliphatic rings. The van der Waals surface area contributed by atoms with Crippen LogP contribution < -0.4 is 4.90 Å². The van der Waals surface area contributed by atoms with Crippen molar-refractivity contribution < 1.29 is 0 Å². The van der Waals surface area contributed by atoms with Crippen molar-refractivity contribution in [1.29, 1.82) is 0 Å². The Bertz CT molecular complexity index is 431. The number of hydrogen-bond acceptors (Lipinski definition) is 4. The Morgan fingerprint density at radius 1 is 1.38 bits per heavy atom. The minimum Gasteiger partial charge on any atom is -0.360 e. The fourth-order valence-electron chi connectivity index (χ4n) is 1.22. The van der Waals surface area contributed by atoms with Crippen LogP contribution in [-0.4, -0.2) is 33.7 Å². The van der Waals surface area contributed by atoms with Crippen molar-refractivity contribution in [2.24, 2.45) is 0 Å². The summed E-state index contributed by atoms with van der Waals surface area (Å²) in [4.78, 5) is 10.4. The molecule has 68 valence electrons. The van der Waals surface area contributed by atoms with E-state index in [4.69, 9.17) is 0 Å². The molecule has 0 saturated heterocycles. The van der Waals surface area contributed by atoms with Gasteiger partial charge in [0.2, 0.25) is 0 Å². The molecule has 0 fully saturated rings. The van der Waals surface area contributed by atoms with Crippen molar-refractivity contribution in [2.75, 3.05) is 19.0 Å². The molecular weight excluding hydrogens is 166 g/mol. The zero-order valence-electron chi connectivity index (χ0n) is 7.89. The van der Waals surface area contributed by atoms with Crippen LogP contribution in [0, 0.1) is 6.92 Å². The third-order valence-electron chi connectivity index (χ3n) is 1.77. The van der Waals surface area contributed by atoms with Gasteiger partial charge in [-0.05, 0) is 6.92 Å². The van der Waals surface area contributed by atoms with Crippen molar-refractivity contribution >= 4 is 11.5 Å². The van der Waals surface area contributed by atoms with Crippen LogP contribution in [0.1, 0.15) is 5.82 Å². The first kappa shape index (κ1) is 7.97. The number of imidazole rings is 1. The lowest BCUT2D eigenvalue weighted by molar-refractivity contribution is 0.840. The third kappa shape index (κ3) is 1.22. The molecule has 0 unspecified atom stereocenters. The van der Waals surface area contributed by atoms with Crippen LogP contribution in [0.4, 0.5) is 5.82 Å². The molecule has 0 spiro atoms. The molecule has 0 atom stereocenters. The molecule has 5 heteroatoms. The Labute approximate surface area is 76.0 Å². The second-order valence-electron chi connectivity index (χ2n) is 3.07. The SMILES string of the molecule is Cc1nc(N(C)C)c2nccn2n1. The average molecular weight is 177 g/mol. The van der Waals surface area contributed by atoms with Gasteiger partial charge in [0.15, 0.2) is 11.5 Å². The number of aromatic nitrogens is 4. The van der Waals surface area contributed by atoms with E-state index in [9.17, 15) is 0 Å². The van der Waals surface area contributed by atoms with E-state index in [1.807, 2.05) is 32.1 Å². The number of hydrogen-bond donors (Lipinski definition) is 0. The van der Waals surface area contributed by atoms with Gasteiger partial charge in [0.1, 0.15) is 5.82 Å². The van der Waals surface area contributed by atoms with Gasteiger partial charge in [-0.3, -0.25) is 0 Å². The summed E-state index contributed by atoms with van der Waals surface area (Å²) in [7, 11) is 3.88. The Balaban J connectivity index is 2.77. The van der Waals surface area contributed by atoms with Crippen molar-refractivity contribution in [3.05, 3.63) is 18.2 Å². The highest BCUT2D eigenvalue weighted by atomic mass is 15.3. The van der Waals surface area contributed by atoms with E-state index in [-0.39, 0.29) is 0 Å². The van der Waals surface area contributed by atoms with Crippen LogP contribution in [0.2, 0.25) is 0 Å². The van der Waals surface area contributed by atoms with Crippen molar-refractivity contribution in [3.8, 4) is 0 Å². The van der Waals surface area contributed by atoms with Gasteiger partial charge in [-0.2, -0.15) is 5.10 Å². The first-order chi connectivity index (χ1) is 6.18. The van der Waals surface area contributed by atoms with Gasteiger partial charge >= 0.3 is 0 Å². The Morgan fingerprint density at radius 2 is 2.15 bits per heavy atom. The van der Waals surface area contributed by atoms with Gasteiger partial charge in [0.25, 0.3) is 0 Å². The van der Waals surface area contributed by atoms with Crippen molar-refractivity contribution in [2.45, 2.75) is 6.92 Å². The van der Waals surface area contributed by atoms with E-state index in [0.717, 1.165) is 17.3 Å². The first-order valence-corrected chi connectivity index (χ1v) is 4.04. The summed E-state index contributed by atoms with van der Waals surface area (Å²) in [6.45, 7) is 1.87. The molecule has 0 bridgehead atoms. The number of anilines is 1. The monoisotopic (exact) mass is 177 g/mol. The molecule has 0 saturated carbocycles. The summed E-state index contributed by atoms with van der Waals surface area (Å²) in [6, 6.07) is 0. The third-order valence-corrected chi connectivity index (χ3v) is 1.77. The van der Waals surface area contributed by atoms with E-state index in [0.29, 0.717) is 0 Å². The minimum absolute atomic E-state index is 0.745. The van der Waals surface area contributed by atoms with Crippen LogP contribution in [0.15, 0.2) is 12.4 Å². The van der Waals surface area contributed by atoms with Gasteiger partial charge in [0.05, 0.1) is 0 Å². The van der Waals surface area contributed by atoms with E-state index in [2.05, 4.69) is 15.1 Å². The molecule has 2 rings (SSSR count). The fraction of sp³-hybridized carbons (Fsp3) is 0.375. The number of nitrogens with zero attached hydrogens (tertiary/aromatic N) is 5. The van der Waals surface area contributed by atoms with Gasteiger partial charge in [-0.25, -0.2) is 14.5 Å². The summed E-state index contributed by atoms with van der Waals surface area (Å²) < 4.78 is 1.73. The van der Waals surface area contributed by atoms with Crippen LogP contribution in [0.5, 0.6) is 0 Å². The largest absolute Gasteiger partial charge is 0.360 e. The second-order valence-corrected chi connectivity index (χ2v) is 3.07. The fourth-order valence-corrected chi connectivity index (χ4v) is 1.22. The standard InChI is InChI=1S/C8H11N5/c1-6-10-8(12(2)3)7-9-4-5-13(7)11-6/h4-5H,1-3H3. The maximum absolute atomic E-state index is 4.30. The highest BCUT2D eigenvalue weighted by Gasteiger charge is 2.07. The Morgan fingerprint density at radius 3 is 2.85 bits per heavy atom. The second kappa shape index (κ2) is 2.69. The molecular formula is C8H11N5. The molecule has 2 aromatic heterocycles. The number of fused-ring (bicyclic) bond motifs is 1. The number of aryl methyl sites for hydroxylation is 1. The molecule has 2 aromatic rings. The predicted molar refractivity (Wildman–Crippen MR) is 49.8 cm³/mol. The van der Waals surface area contributed by atoms with E-state index in [1.165, 1.54) is 0 Å². The molecule has 0 amide bonds. The van der Waals surface area contributed by atoms with E-state index in [1.54, 1.807) is 10.7 Å². The summed E-state index contributed by atoms with van der Waals surface area (Å²) in [5.41, 5.74) is 0.788. The van der Waals surface area contributed by atoms with E-state index >= 15 is 0 Å². The molecule has 0 radical (unpaired) electrons. The Hall–Kier alpha value is -1.65. The first-order valence-electron chi connectivity index (χ1n) is 4.04. The van der Waals surface area contributed by atoms with Crippen LogP contribution >= 0.6 is 0 Å². The van der Waals surface area contributed by atoms with Gasteiger partial charge in [-0.15, -0.1) is 0 Å². The lowest BCUT2D eigenvalue weighted by Gasteiger charge is -2.11. The lowest BCUT2D eigenvalue weighted by Crippen LogP contribution is -2.14. The maximum atomic E-state index is 4.30. The molecule has 13 heavy (non-hydrogen) atoms. The normalized spacial score (nSPS) is 10.7. The van der Waals surface area contributed by atoms with Gasteiger partial charge < -0.3 is 4.90 Å². The lowest BCUT2D eigenvalue weighted by atomic mass is 10.5. The summed E-state index contributed by atoms with van der Waals surface area (Å²) in [6.07, 6.45) is 3.54. The summed E-state index contributed by atoms with van der Waals surface area (Å²) >= 11 is 0. The van der Waals surface area contributed by atoms with Crippen molar-refractivity contribution in [1.82, 2.24) is 19.6 Å². The van der Waals surface area contributed by atoms with Crippen LogP contribution in [0.3, 0.4) is 0 Å². The zero-order chi connectivity index (χ0) is 9.42. The molecule has 0 N–H and O–H groups in total. The highest BCUT2D eigenvalue weighted by Crippen LogP contribution is 2.13. The minimum atomic E-state index is 0.745. The van der Waals surface area contributed by atoms with E-state index < -0.39 is 0 Å². The van der Waals surface area contributed by atoms with Gasteiger partial charge in [0, 0.05) is 26.5 Å². The maximum Gasteiger partial charge on any atom is 0.196 e. The van der Waals surface area contributed by atoms with Gasteiger partial charge in [-0.1, -0.05) is 0 Å². The average Bonchev–Trinajstić information content (AvgIpc) is 2.49. The molecule has 0 aromatic carbocycles. The molecule has 0 aliphatic heterocycles. The summed E-state index contributed by atoms with van der Waals surface area (Å²) in [5.74, 6) is 1.59.